The number of hydrogen-bond donors (Lipinski definition) is 1. The van der Waals surface area contributed by atoms with E-state index in [4.69, 9.17) is 4.74 Å². The molecule has 1 saturated heterocycles. The van der Waals surface area contributed by atoms with Gasteiger partial charge in [-0.3, -0.25) is 4.99 Å². The van der Waals surface area contributed by atoms with Crippen molar-refractivity contribution >= 4 is 16.9 Å². The summed E-state index contributed by atoms with van der Waals surface area (Å²) in [6.07, 6.45) is 4.03. The number of thioether (sulfide) groups is 1. The Kier molecular flexibility index (Phi) is 3.70. The summed E-state index contributed by atoms with van der Waals surface area (Å²) >= 11 is 1.88. The fourth-order valence-corrected chi connectivity index (χ4v) is 2.68. The molecule has 4 heteroatoms. The third-order valence-electron chi connectivity index (χ3n) is 2.68. The zero-order chi connectivity index (χ0) is 9.80. The van der Waals surface area contributed by atoms with E-state index in [9.17, 15) is 0 Å². The van der Waals surface area contributed by atoms with Gasteiger partial charge in [0.15, 0.2) is 5.17 Å². The second-order valence-corrected chi connectivity index (χ2v) is 5.10. The molecule has 0 aromatic carbocycles. The zero-order valence-corrected chi connectivity index (χ0v) is 9.48. The molecule has 1 fully saturated rings. The highest BCUT2D eigenvalue weighted by Crippen LogP contribution is 2.22. The van der Waals surface area contributed by atoms with Crippen molar-refractivity contribution in [2.75, 3.05) is 19.7 Å². The number of amidine groups is 1. The van der Waals surface area contributed by atoms with Gasteiger partial charge in [0.05, 0.1) is 12.6 Å². The second kappa shape index (κ2) is 5.03. The monoisotopic (exact) mass is 214 g/mol. The van der Waals surface area contributed by atoms with Crippen molar-refractivity contribution in [1.82, 2.24) is 5.32 Å². The van der Waals surface area contributed by atoms with Gasteiger partial charge in [-0.2, -0.15) is 0 Å². The second-order valence-electron chi connectivity index (χ2n) is 3.81. The van der Waals surface area contributed by atoms with Crippen LogP contribution >= 0.6 is 11.8 Å². The molecule has 3 nitrogen and oxygen atoms in total. The Morgan fingerprint density at radius 2 is 2.57 bits per heavy atom. The topological polar surface area (TPSA) is 33.6 Å². The van der Waals surface area contributed by atoms with Crippen LogP contribution in [0.4, 0.5) is 0 Å². The molecule has 0 bridgehead atoms. The van der Waals surface area contributed by atoms with Crippen molar-refractivity contribution in [3.05, 3.63) is 0 Å². The molecule has 0 aliphatic carbocycles. The quantitative estimate of drug-likeness (QED) is 0.775. The fraction of sp³-hybridized carbons (Fsp3) is 0.900. The Morgan fingerprint density at radius 3 is 3.21 bits per heavy atom. The lowest BCUT2D eigenvalue weighted by Crippen LogP contribution is -2.29. The van der Waals surface area contributed by atoms with E-state index in [1.807, 2.05) is 11.8 Å². The van der Waals surface area contributed by atoms with E-state index in [1.165, 1.54) is 19.3 Å². The van der Waals surface area contributed by atoms with Crippen LogP contribution in [0.1, 0.15) is 26.2 Å². The zero-order valence-electron chi connectivity index (χ0n) is 8.66. The molecule has 2 atom stereocenters. The molecule has 2 unspecified atom stereocenters. The van der Waals surface area contributed by atoms with Crippen LogP contribution in [0.5, 0.6) is 0 Å². The Morgan fingerprint density at radius 1 is 1.64 bits per heavy atom. The standard InChI is InChI=1S/C10H18N2OS/c1-2-9-7-12-10(14-9)11-6-8-4-3-5-13-8/h8-9H,2-7H2,1H3,(H,11,12). The van der Waals surface area contributed by atoms with E-state index < -0.39 is 0 Å². The molecule has 80 valence electrons. The maximum atomic E-state index is 5.54. The minimum Gasteiger partial charge on any atom is -0.376 e. The number of hydrogen-bond acceptors (Lipinski definition) is 4. The van der Waals surface area contributed by atoms with Gasteiger partial charge in [-0.15, -0.1) is 0 Å². The summed E-state index contributed by atoms with van der Waals surface area (Å²) in [4.78, 5) is 4.46. The lowest BCUT2D eigenvalue weighted by atomic mass is 10.2. The number of nitrogens with zero attached hydrogens (tertiary/aromatic N) is 1. The predicted molar refractivity (Wildman–Crippen MR) is 60.9 cm³/mol. The SMILES string of the molecule is CCC1CN=C(NCC2CCCO2)S1. The molecule has 2 heterocycles. The summed E-state index contributed by atoms with van der Waals surface area (Å²) in [5.41, 5.74) is 0. The Bertz CT molecular complexity index is 214. The average molecular weight is 214 g/mol. The van der Waals surface area contributed by atoms with Gasteiger partial charge in [0.25, 0.3) is 0 Å². The Balaban J connectivity index is 1.66. The maximum Gasteiger partial charge on any atom is 0.157 e. The van der Waals surface area contributed by atoms with Gasteiger partial charge < -0.3 is 10.1 Å². The minimum absolute atomic E-state index is 0.416. The number of ether oxygens (including phenoxy) is 1. The molecule has 0 radical (unpaired) electrons. The predicted octanol–water partition coefficient (Wildman–Crippen LogP) is 1.64. The van der Waals surface area contributed by atoms with Gasteiger partial charge in [-0.1, -0.05) is 18.7 Å². The number of aliphatic imine (C=N–C) groups is 1. The largest absolute Gasteiger partial charge is 0.376 e. The first kappa shape index (κ1) is 10.3. The molecule has 14 heavy (non-hydrogen) atoms. The highest BCUT2D eigenvalue weighted by atomic mass is 32.2. The molecule has 0 saturated carbocycles. The van der Waals surface area contributed by atoms with Gasteiger partial charge in [0, 0.05) is 18.4 Å². The van der Waals surface area contributed by atoms with E-state index >= 15 is 0 Å². The van der Waals surface area contributed by atoms with E-state index in [-0.39, 0.29) is 0 Å². The van der Waals surface area contributed by atoms with Crippen LogP contribution in [0, 0.1) is 0 Å². The Hall–Kier alpha value is -0.220. The van der Waals surface area contributed by atoms with Crippen molar-refractivity contribution in [2.45, 2.75) is 37.5 Å². The minimum atomic E-state index is 0.416. The molecule has 2 rings (SSSR count). The fourth-order valence-electron chi connectivity index (χ4n) is 1.73. The summed E-state index contributed by atoms with van der Waals surface area (Å²) in [5.74, 6) is 0. The van der Waals surface area contributed by atoms with Crippen LogP contribution in [0.2, 0.25) is 0 Å². The van der Waals surface area contributed by atoms with E-state index in [0.29, 0.717) is 11.4 Å². The van der Waals surface area contributed by atoms with Crippen LogP contribution in [-0.4, -0.2) is 36.2 Å². The molecular weight excluding hydrogens is 196 g/mol. The summed E-state index contributed by atoms with van der Waals surface area (Å²) in [6.45, 7) is 5.07. The summed E-state index contributed by atoms with van der Waals surface area (Å²) in [6, 6.07) is 0. The third-order valence-corrected chi connectivity index (χ3v) is 3.99. The molecule has 2 aliphatic heterocycles. The lowest BCUT2D eigenvalue weighted by molar-refractivity contribution is 0.114. The van der Waals surface area contributed by atoms with Gasteiger partial charge in [0.1, 0.15) is 0 Å². The molecule has 0 spiro atoms. The van der Waals surface area contributed by atoms with Crippen molar-refractivity contribution in [3.63, 3.8) is 0 Å². The molecular formula is C10H18N2OS. The van der Waals surface area contributed by atoms with Crippen LogP contribution in [0.25, 0.3) is 0 Å². The Labute approximate surface area is 89.7 Å². The first-order chi connectivity index (χ1) is 6.88. The summed E-state index contributed by atoms with van der Waals surface area (Å²) < 4.78 is 5.54. The van der Waals surface area contributed by atoms with E-state index in [1.54, 1.807) is 0 Å². The van der Waals surface area contributed by atoms with Gasteiger partial charge in [-0.25, -0.2) is 0 Å². The van der Waals surface area contributed by atoms with Crippen LogP contribution < -0.4 is 5.32 Å². The van der Waals surface area contributed by atoms with Gasteiger partial charge >= 0.3 is 0 Å². The summed E-state index contributed by atoms with van der Waals surface area (Å²) in [5, 5.41) is 5.19. The lowest BCUT2D eigenvalue weighted by Gasteiger charge is -2.11. The van der Waals surface area contributed by atoms with E-state index in [0.717, 1.165) is 24.9 Å². The number of rotatable bonds is 3. The van der Waals surface area contributed by atoms with E-state index in [2.05, 4.69) is 17.2 Å². The highest BCUT2D eigenvalue weighted by molar-refractivity contribution is 8.14. The maximum absolute atomic E-state index is 5.54. The van der Waals surface area contributed by atoms with Gasteiger partial charge in [-0.05, 0) is 19.3 Å². The average Bonchev–Trinajstić information content (AvgIpc) is 2.86. The summed E-state index contributed by atoms with van der Waals surface area (Å²) in [7, 11) is 0. The third kappa shape index (κ3) is 2.64. The molecule has 0 amide bonds. The van der Waals surface area contributed by atoms with Crippen molar-refractivity contribution in [2.24, 2.45) is 4.99 Å². The number of nitrogens with one attached hydrogen (secondary N) is 1. The highest BCUT2D eigenvalue weighted by Gasteiger charge is 2.20. The van der Waals surface area contributed by atoms with Crippen molar-refractivity contribution in [1.29, 1.82) is 0 Å². The normalized spacial score (nSPS) is 31.9. The molecule has 1 N–H and O–H groups in total. The van der Waals surface area contributed by atoms with Crippen LogP contribution in [0.15, 0.2) is 4.99 Å². The molecule has 0 aromatic heterocycles. The first-order valence-corrected chi connectivity index (χ1v) is 6.33. The van der Waals surface area contributed by atoms with Crippen molar-refractivity contribution < 1.29 is 4.74 Å². The van der Waals surface area contributed by atoms with Gasteiger partial charge in [0.2, 0.25) is 0 Å². The molecule has 0 aromatic rings. The van der Waals surface area contributed by atoms with Crippen LogP contribution in [-0.2, 0) is 4.74 Å². The smallest absolute Gasteiger partial charge is 0.157 e. The molecule has 2 aliphatic rings. The van der Waals surface area contributed by atoms with Crippen LogP contribution in [0.3, 0.4) is 0 Å². The first-order valence-electron chi connectivity index (χ1n) is 5.45. The van der Waals surface area contributed by atoms with Crippen molar-refractivity contribution in [3.8, 4) is 0 Å².